The van der Waals surface area contributed by atoms with Gasteiger partial charge in [-0.2, -0.15) is 0 Å². The van der Waals surface area contributed by atoms with Gasteiger partial charge in [0.15, 0.2) is 0 Å². The molecule has 7 nitrogen and oxygen atoms in total. The third-order valence-electron chi connectivity index (χ3n) is 4.26. The van der Waals surface area contributed by atoms with E-state index in [0.717, 1.165) is 0 Å². The summed E-state index contributed by atoms with van der Waals surface area (Å²) in [5, 5.41) is 5.36. The number of pyridine rings is 1. The van der Waals surface area contributed by atoms with Gasteiger partial charge in [0.1, 0.15) is 11.6 Å². The van der Waals surface area contributed by atoms with Gasteiger partial charge in [-0.25, -0.2) is 4.39 Å². The standard InChI is InChI=1S/C22H20FN3O4/c1-14(27)24-18-7-8-20(30-2)19(11-18)25-22(29)16-6-9-21(28)26(13-16)12-15-4-3-5-17(23)10-15/h3-11,13H,12H2,1-2H3,(H,24,27)(H,25,29). The van der Waals surface area contributed by atoms with Crippen molar-refractivity contribution in [3.63, 3.8) is 0 Å². The van der Waals surface area contributed by atoms with Gasteiger partial charge in [-0.3, -0.25) is 14.4 Å². The van der Waals surface area contributed by atoms with Crippen LogP contribution < -0.4 is 20.9 Å². The van der Waals surface area contributed by atoms with E-state index < -0.39 is 11.7 Å². The van der Waals surface area contributed by atoms with Crippen molar-refractivity contribution in [2.45, 2.75) is 13.5 Å². The minimum absolute atomic E-state index is 0.124. The van der Waals surface area contributed by atoms with E-state index in [0.29, 0.717) is 22.7 Å². The molecule has 0 spiro atoms. The number of aromatic nitrogens is 1. The van der Waals surface area contributed by atoms with Gasteiger partial charge < -0.3 is 19.9 Å². The number of halogens is 1. The molecule has 0 radical (unpaired) electrons. The smallest absolute Gasteiger partial charge is 0.257 e. The highest BCUT2D eigenvalue weighted by molar-refractivity contribution is 6.05. The molecule has 3 aromatic rings. The fourth-order valence-corrected chi connectivity index (χ4v) is 2.90. The van der Waals surface area contributed by atoms with E-state index in [1.54, 1.807) is 30.3 Å². The number of methoxy groups -OCH3 is 1. The molecule has 0 aliphatic rings. The van der Waals surface area contributed by atoms with Crippen LogP contribution in [-0.4, -0.2) is 23.5 Å². The fraction of sp³-hybridized carbons (Fsp3) is 0.136. The number of anilines is 2. The summed E-state index contributed by atoms with van der Waals surface area (Å²) in [5.41, 5.74) is 1.37. The number of carbonyl (C=O) groups excluding carboxylic acids is 2. The molecule has 8 heteroatoms. The highest BCUT2D eigenvalue weighted by Gasteiger charge is 2.13. The normalized spacial score (nSPS) is 10.4. The Morgan fingerprint density at radius 3 is 2.57 bits per heavy atom. The summed E-state index contributed by atoms with van der Waals surface area (Å²) >= 11 is 0. The molecule has 1 aromatic heterocycles. The molecular formula is C22H20FN3O4. The first-order valence-electron chi connectivity index (χ1n) is 9.07. The zero-order valence-electron chi connectivity index (χ0n) is 16.4. The number of hydrogen-bond acceptors (Lipinski definition) is 4. The van der Waals surface area contributed by atoms with E-state index in [1.807, 2.05) is 0 Å². The number of benzene rings is 2. The summed E-state index contributed by atoms with van der Waals surface area (Å²) in [5.74, 6) is -0.714. The predicted molar refractivity (Wildman–Crippen MR) is 111 cm³/mol. The molecule has 0 saturated heterocycles. The molecule has 0 aliphatic heterocycles. The summed E-state index contributed by atoms with van der Waals surface area (Å²) in [6.45, 7) is 1.50. The Morgan fingerprint density at radius 2 is 1.87 bits per heavy atom. The number of carbonyl (C=O) groups is 2. The van der Waals surface area contributed by atoms with Gasteiger partial charge >= 0.3 is 0 Å². The molecule has 0 unspecified atom stereocenters. The van der Waals surface area contributed by atoms with Crippen molar-refractivity contribution < 1.29 is 18.7 Å². The number of rotatable bonds is 6. The van der Waals surface area contributed by atoms with E-state index in [1.165, 1.54) is 49.1 Å². The Hall–Kier alpha value is -3.94. The van der Waals surface area contributed by atoms with Crippen molar-refractivity contribution in [3.8, 4) is 5.75 Å². The second kappa shape index (κ2) is 9.04. The van der Waals surface area contributed by atoms with E-state index in [-0.39, 0.29) is 23.6 Å². The lowest BCUT2D eigenvalue weighted by Crippen LogP contribution is -2.22. The van der Waals surface area contributed by atoms with Gasteiger partial charge in [-0.1, -0.05) is 12.1 Å². The average molecular weight is 409 g/mol. The number of hydrogen-bond donors (Lipinski definition) is 2. The Balaban J connectivity index is 1.85. The zero-order valence-corrected chi connectivity index (χ0v) is 16.4. The molecule has 1 heterocycles. The largest absolute Gasteiger partial charge is 0.495 e. The van der Waals surface area contributed by atoms with Crippen LogP contribution in [0.4, 0.5) is 15.8 Å². The second-order valence-corrected chi connectivity index (χ2v) is 6.56. The molecule has 3 rings (SSSR count). The maximum absolute atomic E-state index is 13.4. The molecule has 0 saturated carbocycles. The number of nitrogens with one attached hydrogen (secondary N) is 2. The number of ether oxygens (including phenoxy) is 1. The van der Waals surface area contributed by atoms with E-state index >= 15 is 0 Å². The van der Waals surface area contributed by atoms with Crippen LogP contribution in [0.25, 0.3) is 0 Å². The molecule has 2 N–H and O–H groups in total. The predicted octanol–water partition coefficient (Wildman–Crippen LogP) is 3.26. The van der Waals surface area contributed by atoms with Crippen LogP contribution in [0.5, 0.6) is 5.75 Å². The molecule has 0 aliphatic carbocycles. The topological polar surface area (TPSA) is 89.4 Å². The van der Waals surface area contributed by atoms with Crippen LogP contribution in [-0.2, 0) is 11.3 Å². The lowest BCUT2D eigenvalue weighted by atomic mass is 10.2. The van der Waals surface area contributed by atoms with Crippen LogP contribution in [0.15, 0.2) is 65.6 Å². The van der Waals surface area contributed by atoms with E-state index in [2.05, 4.69) is 10.6 Å². The highest BCUT2D eigenvalue weighted by Crippen LogP contribution is 2.28. The van der Waals surface area contributed by atoms with Gasteiger partial charge in [0, 0.05) is 24.9 Å². The zero-order chi connectivity index (χ0) is 21.7. The third kappa shape index (κ3) is 5.11. The average Bonchev–Trinajstić information content (AvgIpc) is 2.69. The lowest BCUT2D eigenvalue weighted by Gasteiger charge is -2.13. The van der Waals surface area contributed by atoms with E-state index in [9.17, 15) is 18.8 Å². The van der Waals surface area contributed by atoms with Crippen molar-refractivity contribution >= 4 is 23.2 Å². The quantitative estimate of drug-likeness (QED) is 0.654. The van der Waals surface area contributed by atoms with E-state index in [4.69, 9.17) is 4.74 Å². The van der Waals surface area contributed by atoms with Gasteiger partial charge in [-0.05, 0) is 42.0 Å². The van der Waals surface area contributed by atoms with Crippen LogP contribution >= 0.6 is 0 Å². The van der Waals surface area contributed by atoms with Crippen molar-refractivity contribution in [1.29, 1.82) is 0 Å². The molecule has 154 valence electrons. The minimum Gasteiger partial charge on any atom is -0.495 e. The first-order chi connectivity index (χ1) is 14.4. The van der Waals surface area contributed by atoms with Gasteiger partial charge in [0.05, 0.1) is 24.9 Å². The lowest BCUT2D eigenvalue weighted by molar-refractivity contribution is -0.114. The van der Waals surface area contributed by atoms with Crippen LogP contribution in [0.2, 0.25) is 0 Å². The SMILES string of the molecule is COc1ccc(NC(C)=O)cc1NC(=O)c1ccc(=O)n(Cc2cccc(F)c2)c1. The van der Waals surface area contributed by atoms with Gasteiger partial charge in [0.2, 0.25) is 5.91 Å². The number of nitrogens with zero attached hydrogens (tertiary/aromatic N) is 1. The summed E-state index contributed by atoms with van der Waals surface area (Å²) in [6.07, 6.45) is 1.41. The van der Waals surface area contributed by atoms with Gasteiger partial charge in [-0.15, -0.1) is 0 Å². The first-order valence-corrected chi connectivity index (χ1v) is 9.07. The summed E-state index contributed by atoms with van der Waals surface area (Å²) in [4.78, 5) is 36.2. The Labute approximate surface area is 172 Å². The summed E-state index contributed by atoms with van der Waals surface area (Å²) < 4.78 is 20.0. The minimum atomic E-state index is -0.471. The van der Waals surface area contributed by atoms with Crippen LogP contribution in [0.3, 0.4) is 0 Å². The molecule has 2 amide bonds. The third-order valence-corrected chi connectivity index (χ3v) is 4.26. The summed E-state index contributed by atoms with van der Waals surface area (Å²) in [6, 6.07) is 13.4. The summed E-state index contributed by atoms with van der Waals surface area (Å²) in [7, 11) is 1.46. The van der Waals surface area contributed by atoms with Crippen LogP contribution in [0, 0.1) is 5.82 Å². The molecule has 30 heavy (non-hydrogen) atoms. The molecule has 0 fully saturated rings. The van der Waals surface area contributed by atoms with Gasteiger partial charge in [0.25, 0.3) is 11.5 Å². The fourth-order valence-electron chi connectivity index (χ4n) is 2.90. The van der Waals surface area contributed by atoms with Crippen molar-refractivity contribution in [2.75, 3.05) is 17.7 Å². The van der Waals surface area contributed by atoms with Crippen molar-refractivity contribution in [1.82, 2.24) is 4.57 Å². The maximum atomic E-state index is 13.4. The molecule has 0 atom stereocenters. The highest BCUT2D eigenvalue weighted by atomic mass is 19.1. The first kappa shape index (κ1) is 20.8. The monoisotopic (exact) mass is 409 g/mol. The van der Waals surface area contributed by atoms with Crippen molar-refractivity contribution in [2.24, 2.45) is 0 Å². The maximum Gasteiger partial charge on any atom is 0.257 e. The Bertz CT molecular complexity index is 1160. The Kier molecular flexibility index (Phi) is 6.26. The molecular weight excluding hydrogens is 389 g/mol. The molecule has 0 bridgehead atoms. The second-order valence-electron chi connectivity index (χ2n) is 6.56. The van der Waals surface area contributed by atoms with Crippen molar-refractivity contribution in [3.05, 3.63) is 88.1 Å². The Morgan fingerprint density at radius 1 is 1.07 bits per heavy atom. The molecule has 2 aromatic carbocycles. The van der Waals surface area contributed by atoms with Crippen LogP contribution in [0.1, 0.15) is 22.8 Å². The number of amides is 2.